The summed E-state index contributed by atoms with van der Waals surface area (Å²) in [5.41, 5.74) is 1.02. The smallest absolute Gasteiger partial charge is 0.252 e. The van der Waals surface area contributed by atoms with Crippen LogP contribution >= 0.6 is 11.3 Å². The Kier molecular flexibility index (Phi) is 5.48. The normalized spacial score (nSPS) is 19.9. The third-order valence-corrected chi connectivity index (χ3v) is 8.25. The van der Waals surface area contributed by atoms with Crippen molar-refractivity contribution in [2.24, 2.45) is 0 Å². The van der Waals surface area contributed by atoms with Gasteiger partial charge in [0.25, 0.3) is 10.0 Å². The van der Waals surface area contributed by atoms with Crippen molar-refractivity contribution in [1.29, 1.82) is 0 Å². The van der Waals surface area contributed by atoms with Gasteiger partial charge in [0.1, 0.15) is 9.96 Å². The number of likely N-dealkylation sites (N-methyl/N-ethyl adjacent to an activating group) is 1. The van der Waals surface area contributed by atoms with Crippen molar-refractivity contribution in [2.75, 3.05) is 33.8 Å². The van der Waals surface area contributed by atoms with Gasteiger partial charge in [0.15, 0.2) is 0 Å². The largest absolute Gasteiger partial charge is 0.496 e. The van der Waals surface area contributed by atoms with Gasteiger partial charge < -0.3 is 4.74 Å². The topological polar surface area (TPSA) is 49.9 Å². The van der Waals surface area contributed by atoms with E-state index < -0.39 is 10.0 Å². The van der Waals surface area contributed by atoms with Crippen LogP contribution in [-0.4, -0.2) is 51.4 Å². The fourth-order valence-electron chi connectivity index (χ4n) is 3.16. The number of ether oxygens (including phenoxy) is 1. The Hall–Kier alpha value is -1.41. The summed E-state index contributed by atoms with van der Waals surface area (Å²) in [6.45, 7) is 3.66. The standard InChI is InChI=1S/C18H24N2O3S2/c1-4-14-9-10-18(24-14)25(21,22)20-12-11-19(2)16(13-20)15-7-5-6-8-17(15)23-3/h5-10,16H,4,11-13H2,1-3H3. The molecule has 1 fully saturated rings. The number of hydrogen-bond donors (Lipinski definition) is 0. The number of hydrogen-bond acceptors (Lipinski definition) is 5. The van der Waals surface area contributed by atoms with Crippen LogP contribution in [0.1, 0.15) is 23.4 Å². The molecule has 1 aromatic heterocycles. The predicted octanol–water partition coefficient (Wildman–Crippen LogP) is 3.00. The lowest BCUT2D eigenvalue weighted by Crippen LogP contribution is -2.48. The number of benzene rings is 1. The highest BCUT2D eigenvalue weighted by Crippen LogP contribution is 2.34. The van der Waals surface area contributed by atoms with Crippen LogP contribution in [0.2, 0.25) is 0 Å². The van der Waals surface area contributed by atoms with Crippen LogP contribution in [0.15, 0.2) is 40.6 Å². The first-order valence-electron chi connectivity index (χ1n) is 8.39. The maximum atomic E-state index is 13.0. The second kappa shape index (κ2) is 7.45. The van der Waals surface area contributed by atoms with Crippen LogP contribution in [0.3, 0.4) is 0 Å². The molecule has 1 atom stereocenters. The molecule has 1 aliphatic heterocycles. The van der Waals surface area contributed by atoms with Crippen molar-refractivity contribution < 1.29 is 13.2 Å². The molecule has 1 aromatic carbocycles. The second-order valence-corrected chi connectivity index (χ2v) is 9.51. The SMILES string of the molecule is CCc1ccc(S(=O)(=O)N2CCN(C)C(c3ccccc3OC)C2)s1. The molecule has 136 valence electrons. The number of para-hydroxylation sites is 1. The van der Waals surface area contributed by atoms with Gasteiger partial charge in [-0.15, -0.1) is 11.3 Å². The Bertz CT molecular complexity index is 832. The quantitative estimate of drug-likeness (QED) is 0.800. The van der Waals surface area contributed by atoms with Crippen LogP contribution in [0.25, 0.3) is 0 Å². The Morgan fingerprint density at radius 3 is 2.64 bits per heavy atom. The van der Waals surface area contributed by atoms with Crippen molar-refractivity contribution >= 4 is 21.4 Å². The van der Waals surface area contributed by atoms with Crippen LogP contribution in [-0.2, 0) is 16.4 Å². The molecule has 0 saturated carbocycles. The molecule has 7 heteroatoms. The first kappa shape index (κ1) is 18.4. The number of aryl methyl sites for hydroxylation is 1. The van der Waals surface area contributed by atoms with Crippen molar-refractivity contribution in [2.45, 2.75) is 23.6 Å². The number of sulfonamides is 1. The Balaban J connectivity index is 1.89. The Morgan fingerprint density at radius 1 is 1.20 bits per heavy atom. The van der Waals surface area contributed by atoms with Crippen LogP contribution in [0.4, 0.5) is 0 Å². The highest BCUT2D eigenvalue weighted by Gasteiger charge is 2.35. The van der Waals surface area contributed by atoms with Gasteiger partial charge in [-0.05, 0) is 31.7 Å². The first-order chi connectivity index (χ1) is 12.0. The molecule has 0 N–H and O–H groups in total. The van der Waals surface area contributed by atoms with Crippen molar-refractivity contribution in [3.63, 3.8) is 0 Å². The molecule has 25 heavy (non-hydrogen) atoms. The maximum absolute atomic E-state index is 13.0. The van der Waals surface area contributed by atoms with E-state index in [-0.39, 0.29) is 6.04 Å². The van der Waals surface area contributed by atoms with Crippen LogP contribution in [0, 0.1) is 0 Å². The maximum Gasteiger partial charge on any atom is 0.252 e. The molecule has 1 aliphatic rings. The van der Waals surface area contributed by atoms with Gasteiger partial charge in [-0.1, -0.05) is 25.1 Å². The summed E-state index contributed by atoms with van der Waals surface area (Å²) in [5.74, 6) is 0.794. The van der Waals surface area contributed by atoms with E-state index in [9.17, 15) is 8.42 Å². The number of nitrogens with zero attached hydrogens (tertiary/aromatic N) is 2. The van der Waals surface area contributed by atoms with Gasteiger partial charge in [-0.3, -0.25) is 4.90 Å². The minimum absolute atomic E-state index is 0.0229. The summed E-state index contributed by atoms with van der Waals surface area (Å²) >= 11 is 1.37. The van der Waals surface area contributed by atoms with Gasteiger partial charge in [0.2, 0.25) is 0 Å². The molecule has 0 aliphatic carbocycles. The molecular weight excluding hydrogens is 356 g/mol. The average molecular weight is 381 g/mol. The monoisotopic (exact) mass is 380 g/mol. The zero-order chi connectivity index (χ0) is 18.0. The number of thiophene rings is 1. The van der Waals surface area contributed by atoms with Crippen LogP contribution < -0.4 is 4.74 Å². The Morgan fingerprint density at radius 2 is 1.96 bits per heavy atom. The summed E-state index contributed by atoms with van der Waals surface area (Å²) in [6, 6.07) is 11.4. The molecule has 2 aromatic rings. The van der Waals surface area contributed by atoms with Crippen molar-refractivity contribution in [3.05, 3.63) is 46.8 Å². The van der Waals surface area contributed by atoms with E-state index in [1.54, 1.807) is 17.5 Å². The molecule has 0 amide bonds. The summed E-state index contributed by atoms with van der Waals surface area (Å²) in [7, 11) is 0.225. The number of rotatable bonds is 5. The molecule has 0 radical (unpaired) electrons. The average Bonchev–Trinajstić information content (AvgIpc) is 3.12. The molecular formula is C18H24N2O3S2. The minimum atomic E-state index is -3.45. The lowest BCUT2D eigenvalue weighted by Gasteiger charge is -2.39. The third-order valence-electron chi connectivity index (χ3n) is 4.69. The predicted molar refractivity (Wildman–Crippen MR) is 101 cm³/mol. The summed E-state index contributed by atoms with van der Waals surface area (Å²) < 4.78 is 33.6. The second-order valence-electron chi connectivity index (χ2n) is 6.18. The van der Waals surface area contributed by atoms with Gasteiger partial charge >= 0.3 is 0 Å². The van der Waals surface area contributed by atoms with E-state index in [1.807, 2.05) is 44.3 Å². The van der Waals surface area contributed by atoms with Gasteiger partial charge in [-0.2, -0.15) is 4.31 Å². The van der Waals surface area contributed by atoms with Crippen molar-refractivity contribution in [3.8, 4) is 5.75 Å². The van der Waals surface area contributed by atoms with Gasteiger partial charge in [0.05, 0.1) is 13.2 Å². The molecule has 0 spiro atoms. The lowest BCUT2D eigenvalue weighted by atomic mass is 10.0. The third kappa shape index (κ3) is 3.60. The molecule has 1 saturated heterocycles. The highest BCUT2D eigenvalue weighted by atomic mass is 32.2. The van der Waals surface area contributed by atoms with Crippen LogP contribution in [0.5, 0.6) is 5.75 Å². The van der Waals surface area contributed by atoms with E-state index in [1.165, 1.54) is 11.3 Å². The minimum Gasteiger partial charge on any atom is -0.496 e. The van der Waals surface area contributed by atoms with E-state index in [4.69, 9.17) is 4.74 Å². The summed E-state index contributed by atoms with van der Waals surface area (Å²) in [6.07, 6.45) is 0.854. The molecule has 2 heterocycles. The fourth-order valence-corrected chi connectivity index (χ4v) is 6.05. The van der Waals surface area contributed by atoms with E-state index in [0.29, 0.717) is 23.8 Å². The highest BCUT2D eigenvalue weighted by molar-refractivity contribution is 7.91. The van der Waals surface area contributed by atoms with Gasteiger partial charge in [-0.25, -0.2) is 8.42 Å². The van der Waals surface area contributed by atoms with Crippen molar-refractivity contribution in [1.82, 2.24) is 9.21 Å². The zero-order valence-electron chi connectivity index (χ0n) is 14.8. The molecule has 1 unspecified atom stereocenters. The Labute approximate surface area is 153 Å². The molecule has 3 rings (SSSR count). The number of piperazine rings is 1. The first-order valence-corrected chi connectivity index (χ1v) is 10.6. The summed E-state index contributed by atoms with van der Waals surface area (Å²) in [4.78, 5) is 3.28. The van der Waals surface area contributed by atoms with E-state index in [2.05, 4.69) is 4.90 Å². The van der Waals surface area contributed by atoms with Gasteiger partial charge in [0, 0.05) is 30.1 Å². The van der Waals surface area contributed by atoms with E-state index in [0.717, 1.165) is 22.6 Å². The summed E-state index contributed by atoms with van der Waals surface area (Å²) in [5, 5.41) is 0. The fraction of sp³-hybridized carbons (Fsp3) is 0.444. The zero-order valence-corrected chi connectivity index (χ0v) is 16.4. The number of methoxy groups -OCH3 is 1. The molecule has 5 nitrogen and oxygen atoms in total. The molecule has 0 bridgehead atoms. The lowest BCUT2D eigenvalue weighted by molar-refractivity contribution is 0.146. The van der Waals surface area contributed by atoms with E-state index >= 15 is 0 Å².